The zero-order chi connectivity index (χ0) is 14.5. The van der Waals surface area contributed by atoms with Crippen LogP contribution in [0.5, 0.6) is 0 Å². The Labute approximate surface area is 120 Å². The summed E-state index contributed by atoms with van der Waals surface area (Å²) in [6.45, 7) is 4.26. The van der Waals surface area contributed by atoms with Gasteiger partial charge in [0.05, 0.1) is 6.61 Å². The third-order valence-corrected chi connectivity index (χ3v) is 3.38. The van der Waals surface area contributed by atoms with Gasteiger partial charge < -0.3 is 10.0 Å². The van der Waals surface area contributed by atoms with E-state index in [1.807, 2.05) is 19.2 Å². The molecule has 2 aromatic rings. The first-order valence-corrected chi connectivity index (χ1v) is 7.05. The Kier molecular flexibility index (Phi) is 4.74. The minimum absolute atomic E-state index is 0.0496. The number of aromatic nitrogens is 1. The first kappa shape index (κ1) is 14.5. The van der Waals surface area contributed by atoms with Crippen molar-refractivity contribution in [3.05, 3.63) is 53.2 Å². The maximum Gasteiger partial charge on any atom is 0.133 e. The van der Waals surface area contributed by atoms with E-state index in [0.717, 1.165) is 35.6 Å². The molecule has 106 valence electrons. The Balaban J connectivity index is 2.34. The van der Waals surface area contributed by atoms with Crippen LogP contribution in [-0.4, -0.2) is 17.1 Å². The summed E-state index contributed by atoms with van der Waals surface area (Å²) in [5, 5.41) is 9.40. The molecular weight excluding hydrogens is 248 g/mol. The fraction of sp³-hybridized carbons (Fsp3) is 0.353. The lowest BCUT2D eigenvalue weighted by molar-refractivity contribution is 0.281. The maximum absolute atomic E-state index is 9.40. The summed E-state index contributed by atoms with van der Waals surface area (Å²) in [5.41, 5.74) is 4.29. The molecule has 3 nitrogen and oxygen atoms in total. The number of rotatable bonds is 5. The predicted molar refractivity (Wildman–Crippen MR) is 83.4 cm³/mol. The summed E-state index contributed by atoms with van der Waals surface area (Å²) in [6.07, 6.45) is 1.98. The number of nitrogens with zero attached hydrogens (tertiary/aromatic N) is 2. The van der Waals surface area contributed by atoms with Gasteiger partial charge in [-0.3, -0.25) is 0 Å². The van der Waals surface area contributed by atoms with Gasteiger partial charge in [-0.25, -0.2) is 4.98 Å². The van der Waals surface area contributed by atoms with E-state index in [2.05, 4.69) is 48.0 Å². The molecule has 0 fully saturated rings. The van der Waals surface area contributed by atoms with Crippen LogP contribution in [0.4, 0.5) is 11.5 Å². The van der Waals surface area contributed by atoms with Gasteiger partial charge in [-0.05, 0) is 43.2 Å². The van der Waals surface area contributed by atoms with Gasteiger partial charge in [0.15, 0.2) is 0 Å². The molecule has 0 unspecified atom stereocenters. The van der Waals surface area contributed by atoms with Gasteiger partial charge >= 0.3 is 0 Å². The first-order valence-electron chi connectivity index (χ1n) is 7.05. The second-order valence-corrected chi connectivity index (χ2v) is 5.13. The van der Waals surface area contributed by atoms with E-state index in [1.54, 1.807) is 0 Å². The molecular formula is C17H22N2O. The van der Waals surface area contributed by atoms with Crippen LogP contribution in [0.3, 0.4) is 0 Å². The lowest BCUT2D eigenvalue weighted by Gasteiger charge is -2.20. The minimum Gasteiger partial charge on any atom is -0.392 e. The van der Waals surface area contributed by atoms with Crippen molar-refractivity contribution in [3.63, 3.8) is 0 Å². The first-order chi connectivity index (χ1) is 9.63. The lowest BCUT2D eigenvalue weighted by atomic mass is 10.1. The SMILES string of the molecule is CCCc1cc(CO)cc(N(C)c2ccc(C)cc2)n1. The van der Waals surface area contributed by atoms with Crippen LogP contribution in [0.2, 0.25) is 0 Å². The average Bonchev–Trinajstić information content (AvgIpc) is 2.47. The number of anilines is 2. The maximum atomic E-state index is 9.40. The number of pyridine rings is 1. The number of hydrogen-bond acceptors (Lipinski definition) is 3. The van der Waals surface area contributed by atoms with E-state index in [9.17, 15) is 5.11 Å². The summed E-state index contributed by atoms with van der Waals surface area (Å²) >= 11 is 0. The highest BCUT2D eigenvalue weighted by Crippen LogP contribution is 2.24. The summed E-state index contributed by atoms with van der Waals surface area (Å²) in [6, 6.07) is 12.3. The number of benzene rings is 1. The van der Waals surface area contributed by atoms with Crippen LogP contribution < -0.4 is 4.90 Å². The smallest absolute Gasteiger partial charge is 0.133 e. The second-order valence-electron chi connectivity index (χ2n) is 5.13. The number of aryl methyl sites for hydroxylation is 2. The van der Waals surface area contributed by atoms with Gasteiger partial charge in [0.25, 0.3) is 0 Å². The van der Waals surface area contributed by atoms with Crippen LogP contribution in [0.25, 0.3) is 0 Å². The van der Waals surface area contributed by atoms with Crippen molar-refractivity contribution in [1.29, 1.82) is 0 Å². The second kappa shape index (κ2) is 6.53. The molecule has 0 bridgehead atoms. The van der Waals surface area contributed by atoms with Crippen LogP contribution in [0.1, 0.15) is 30.2 Å². The average molecular weight is 270 g/mol. The van der Waals surface area contributed by atoms with E-state index >= 15 is 0 Å². The number of aliphatic hydroxyl groups is 1. The molecule has 0 amide bonds. The zero-order valence-corrected chi connectivity index (χ0v) is 12.4. The zero-order valence-electron chi connectivity index (χ0n) is 12.4. The molecule has 0 saturated carbocycles. The monoisotopic (exact) mass is 270 g/mol. The third kappa shape index (κ3) is 3.36. The summed E-state index contributed by atoms with van der Waals surface area (Å²) < 4.78 is 0. The summed E-state index contributed by atoms with van der Waals surface area (Å²) in [4.78, 5) is 6.74. The fourth-order valence-electron chi connectivity index (χ4n) is 2.18. The van der Waals surface area contributed by atoms with Crippen LogP contribution in [-0.2, 0) is 13.0 Å². The Hall–Kier alpha value is -1.87. The standard InChI is InChI=1S/C17H22N2O/c1-4-5-15-10-14(12-20)11-17(18-15)19(3)16-8-6-13(2)7-9-16/h6-11,20H,4-5,12H2,1-3H3. The molecule has 0 atom stereocenters. The molecule has 1 aromatic carbocycles. The summed E-state index contributed by atoms with van der Waals surface area (Å²) in [7, 11) is 2.00. The molecule has 0 spiro atoms. The molecule has 20 heavy (non-hydrogen) atoms. The number of hydrogen-bond donors (Lipinski definition) is 1. The molecule has 0 aliphatic heterocycles. The number of aliphatic hydroxyl groups excluding tert-OH is 1. The third-order valence-electron chi connectivity index (χ3n) is 3.38. The van der Waals surface area contributed by atoms with E-state index in [1.165, 1.54) is 5.56 Å². The van der Waals surface area contributed by atoms with Crippen LogP contribution in [0, 0.1) is 6.92 Å². The quantitative estimate of drug-likeness (QED) is 0.901. The minimum atomic E-state index is 0.0496. The highest BCUT2D eigenvalue weighted by Gasteiger charge is 2.08. The molecule has 1 aromatic heterocycles. The molecule has 1 heterocycles. The van der Waals surface area contributed by atoms with Crippen LogP contribution >= 0.6 is 0 Å². The van der Waals surface area contributed by atoms with Crippen molar-refractivity contribution >= 4 is 11.5 Å². The van der Waals surface area contributed by atoms with Crippen molar-refractivity contribution in [2.75, 3.05) is 11.9 Å². The van der Waals surface area contributed by atoms with Gasteiger partial charge in [0, 0.05) is 18.4 Å². The Morgan fingerprint density at radius 2 is 1.85 bits per heavy atom. The van der Waals surface area contributed by atoms with Crippen molar-refractivity contribution in [3.8, 4) is 0 Å². The van der Waals surface area contributed by atoms with Crippen molar-refractivity contribution in [2.24, 2.45) is 0 Å². The fourth-order valence-corrected chi connectivity index (χ4v) is 2.18. The largest absolute Gasteiger partial charge is 0.392 e. The van der Waals surface area contributed by atoms with Crippen LogP contribution in [0.15, 0.2) is 36.4 Å². The van der Waals surface area contributed by atoms with Gasteiger partial charge in [0.2, 0.25) is 0 Å². The Morgan fingerprint density at radius 3 is 2.45 bits per heavy atom. The topological polar surface area (TPSA) is 36.4 Å². The lowest BCUT2D eigenvalue weighted by Crippen LogP contribution is -2.12. The Morgan fingerprint density at radius 1 is 1.15 bits per heavy atom. The molecule has 1 N–H and O–H groups in total. The van der Waals surface area contributed by atoms with Gasteiger partial charge in [-0.2, -0.15) is 0 Å². The molecule has 0 saturated heterocycles. The van der Waals surface area contributed by atoms with E-state index in [4.69, 9.17) is 0 Å². The van der Waals surface area contributed by atoms with Crippen molar-refractivity contribution < 1.29 is 5.11 Å². The molecule has 3 heteroatoms. The highest BCUT2D eigenvalue weighted by molar-refractivity contribution is 5.60. The molecule has 0 aliphatic rings. The van der Waals surface area contributed by atoms with Gasteiger partial charge in [0.1, 0.15) is 5.82 Å². The van der Waals surface area contributed by atoms with E-state index < -0.39 is 0 Å². The van der Waals surface area contributed by atoms with E-state index in [-0.39, 0.29) is 6.61 Å². The predicted octanol–water partition coefficient (Wildman–Crippen LogP) is 3.60. The Bertz CT molecular complexity index is 564. The van der Waals surface area contributed by atoms with Gasteiger partial charge in [-0.1, -0.05) is 31.0 Å². The normalized spacial score (nSPS) is 10.6. The molecule has 0 aliphatic carbocycles. The van der Waals surface area contributed by atoms with E-state index in [0.29, 0.717) is 0 Å². The van der Waals surface area contributed by atoms with Gasteiger partial charge in [-0.15, -0.1) is 0 Å². The summed E-state index contributed by atoms with van der Waals surface area (Å²) in [5.74, 6) is 0.879. The van der Waals surface area contributed by atoms with Crippen molar-refractivity contribution in [1.82, 2.24) is 4.98 Å². The molecule has 2 rings (SSSR count). The van der Waals surface area contributed by atoms with Crippen molar-refractivity contribution in [2.45, 2.75) is 33.3 Å². The highest BCUT2D eigenvalue weighted by atomic mass is 16.3. The molecule has 0 radical (unpaired) electrons.